The molecule has 0 bridgehead atoms. The minimum absolute atomic E-state index is 0.222. The zero-order chi connectivity index (χ0) is 21.8. The number of hydrogen-bond acceptors (Lipinski definition) is 3. The highest BCUT2D eigenvalue weighted by molar-refractivity contribution is 6.43. The predicted molar refractivity (Wildman–Crippen MR) is 127 cm³/mol. The van der Waals surface area contributed by atoms with Crippen LogP contribution in [-0.2, 0) is 16.1 Å². The fraction of sp³-hybridized carbons (Fsp3) is 0.160. The predicted octanol–water partition coefficient (Wildman–Crippen LogP) is 7.86. The van der Waals surface area contributed by atoms with Crippen molar-refractivity contribution in [1.82, 2.24) is 0 Å². The highest BCUT2D eigenvalue weighted by atomic mass is 35.5. The molecule has 0 aliphatic heterocycles. The average molecular weight is 474 g/mol. The first-order chi connectivity index (χ1) is 15.0. The Kier molecular flexibility index (Phi) is 6.86. The minimum Gasteiger partial charge on any atom is -0.492 e. The number of rotatable bonds is 7. The second kappa shape index (κ2) is 9.78. The van der Waals surface area contributed by atoms with Crippen LogP contribution in [0.2, 0.25) is 15.1 Å². The van der Waals surface area contributed by atoms with E-state index in [0.29, 0.717) is 33.8 Å². The van der Waals surface area contributed by atoms with Crippen molar-refractivity contribution in [3.63, 3.8) is 0 Å². The van der Waals surface area contributed by atoms with Crippen LogP contribution in [0.15, 0.2) is 66.7 Å². The van der Waals surface area contributed by atoms with Crippen LogP contribution in [0.4, 0.5) is 0 Å². The van der Waals surface area contributed by atoms with E-state index in [1.807, 2.05) is 24.3 Å². The van der Waals surface area contributed by atoms with Gasteiger partial charge in [0.05, 0.1) is 21.7 Å². The monoisotopic (exact) mass is 472 g/mol. The summed E-state index contributed by atoms with van der Waals surface area (Å²) in [6.07, 6.45) is 0.729. The fourth-order valence-electron chi connectivity index (χ4n) is 3.50. The van der Waals surface area contributed by atoms with Crippen LogP contribution >= 0.6 is 34.8 Å². The van der Waals surface area contributed by atoms with Crippen LogP contribution in [0.1, 0.15) is 18.4 Å². The van der Waals surface area contributed by atoms with Crippen LogP contribution in [0.25, 0.3) is 21.5 Å². The molecule has 3 nitrogen and oxygen atoms in total. The van der Waals surface area contributed by atoms with E-state index < -0.39 is 0 Å². The molecule has 0 spiro atoms. The topological polar surface area (TPSA) is 35.5 Å². The lowest BCUT2D eigenvalue weighted by Gasteiger charge is -2.12. The summed E-state index contributed by atoms with van der Waals surface area (Å²) in [6.45, 7) is 0.532. The first-order valence-electron chi connectivity index (χ1n) is 9.85. The summed E-state index contributed by atoms with van der Waals surface area (Å²) in [5, 5.41) is 5.53. The van der Waals surface area contributed by atoms with Crippen molar-refractivity contribution in [3.05, 3.63) is 87.4 Å². The number of esters is 1. The molecule has 0 aromatic heterocycles. The van der Waals surface area contributed by atoms with Crippen LogP contribution < -0.4 is 4.74 Å². The van der Waals surface area contributed by atoms with E-state index >= 15 is 0 Å². The average Bonchev–Trinajstić information content (AvgIpc) is 2.77. The number of ether oxygens (including phenoxy) is 2. The first kappa shape index (κ1) is 21.8. The van der Waals surface area contributed by atoms with Gasteiger partial charge in [-0.05, 0) is 40.1 Å². The highest BCUT2D eigenvalue weighted by Gasteiger charge is 2.11. The van der Waals surface area contributed by atoms with Gasteiger partial charge >= 0.3 is 5.97 Å². The van der Waals surface area contributed by atoms with E-state index in [1.54, 1.807) is 6.07 Å². The summed E-state index contributed by atoms with van der Waals surface area (Å²) in [7, 11) is 0. The van der Waals surface area contributed by atoms with Gasteiger partial charge in [-0.1, -0.05) is 83.3 Å². The molecule has 0 fully saturated rings. The summed E-state index contributed by atoms with van der Waals surface area (Å²) < 4.78 is 11.2. The van der Waals surface area contributed by atoms with Crippen molar-refractivity contribution in [2.45, 2.75) is 19.4 Å². The van der Waals surface area contributed by atoms with Crippen molar-refractivity contribution in [3.8, 4) is 5.75 Å². The van der Waals surface area contributed by atoms with E-state index in [1.165, 1.54) is 6.07 Å². The lowest BCUT2D eigenvalue weighted by atomic mass is 9.97. The van der Waals surface area contributed by atoms with Gasteiger partial charge in [-0.25, -0.2) is 0 Å². The quantitative estimate of drug-likeness (QED) is 0.119. The fourth-order valence-corrected chi connectivity index (χ4v) is 4.09. The zero-order valence-corrected chi connectivity index (χ0v) is 18.8. The first-order valence-corrected chi connectivity index (χ1v) is 11.0. The molecule has 0 radical (unpaired) electrons. The third kappa shape index (κ3) is 5.07. The lowest BCUT2D eigenvalue weighted by molar-refractivity contribution is -0.145. The standard InChI is InChI=1S/C25H19Cl3O3/c26-21-13-23(28)24(14-22(21)27)30-11-5-10-25(29)31-15-20-18-8-3-1-6-16(18)12-17-7-2-4-9-19(17)20/h1-4,6-9,12-14H,5,10-11,15H2. The maximum absolute atomic E-state index is 12.3. The van der Waals surface area contributed by atoms with Gasteiger partial charge in [-0.15, -0.1) is 0 Å². The summed E-state index contributed by atoms with van der Waals surface area (Å²) >= 11 is 18.0. The van der Waals surface area contributed by atoms with Crippen LogP contribution in [0, 0.1) is 0 Å². The zero-order valence-electron chi connectivity index (χ0n) is 16.5. The van der Waals surface area contributed by atoms with Gasteiger partial charge in [0.15, 0.2) is 0 Å². The number of carbonyl (C=O) groups is 1. The molecule has 0 unspecified atom stereocenters. The van der Waals surface area contributed by atoms with Crippen molar-refractivity contribution in [1.29, 1.82) is 0 Å². The second-order valence-electron chi connectivity index (χ2n) is 7.11. The molecule has 0 aliphatic rings. The van der Waals surface area contributed by atoms with Gasteiger partial charge in [0.2, 0.25) is 0 Å². The summed E-state index contributed by atoms with van der Waals surface area (Å²) in [5.74, 6) is 0.160. The van der Waals surface area contributed by atoms with Crippen molar-refractivity contribution < 1.29 is 14.3 Å². The highest BCUT2D eigenvalue weighted by Crippen LogP contribution is 2.34. The maximum Gasteiger partial charge on any atom is 0.306 e. The molecule has 31 heavy (non-hydrogen) atoms. The summed E-state index contributed by atoms with van der Waals surface area (Å²) in [4.78, 5) is 12.3. The molecule has 0 aliphatic carbocycles. The molecule has 4 aromatic rings. The van der Waals surface area contributed by atoms with E-state index in [0.717, 1.165) is 27.1 Å². The van der Waals surface area contributed by atoms with Crippen LogP contribution in [0.3, 0.4) is 0 Å². The molecule has 6 heteroatoms. The molecule has 0 heterocycles. The normalized spacial score (nSPS) is 11.1. The van der Waals surface area contributed by atoms with E-state index in [4.69, 9.17) is 44.3 Å². The third-order valence-electron chi connectivity index (χ3n) is 5.02. The lowest BCUT2D eigenvalue weighted by Crippen LogP contribution is -2.08. The van der Waals surface area contributed by atoms with Gasteiger partial charge in [0.1, 0.15) is 12.4 Å². The Bertz CT molecular complexity index is 1200. The molecule has 0 saturated carbocycles. The third-order valence-corrected chi connectivity index (χ3v) is 6.04. The van der Waals surface area contributed by atoms with Crippen molar-refractivity contribution >= 4 is 62.3 Å². The van der Waals surface area contributed by atoms with E-state index in [-0.39, 0.29) is 19.0 Å². The smallest absolute Gasteiger partial charge is 0.306 e. The largest absolute Gasteiger partial charge is 0.492 e. The molecular formula is C25H19Cl3O3. The molecule has 4 aromatic carbocycles. The maximum atomic E-state index is 12.3. The molecule has 0 amide bonds. The molecule has 158 valence electrons. The Labute approximate surface area is 195 Å². The summed E-state index contributed by atoms with van der Waals surface area (Å²) in [5.41, 5.74) is 1.01. The SMILES string of the molecule is O=C(CCCOc1cc(Cl)c(Cl)cc1Cl)OCc1c2ccccc2cc2ccccc12. The second-order valence-corrected chi connectivity index (χ2v) is 8.33. The Morgan fingerprint density at radius 3 is 2.06 bits per heavy atom. The Balaban J connectivity index is 1.37. The Hall–Kier alpha value is -2.46. The molecule has 0 saturated heterocycles. The minimum atomic E-state index is -0.277. The number of hydrogen-bond donors (Lipinski definition) is 0. The Morgan fingerprint density at radius 2 is 1.39 bits per heavy atom. The van der Waals surface area contributed by atoms with Crippen molar-refractivity contribution in [2.75, 3.05) is 6.61 Å². The number of carbonyl (C=O) groups excluding carboxylic acids is 1. The van der Waals surface area contributed by atoms with Gasteiger partial charge in [-0.3, -0.25) is 4.79 Å². The van der Waals surface area contributed by atoms with E-state index in [9.17, 15) is 4.79 Å². The molecule has 4 rings (SSSR count). The number of fused-ring (bicyclic) bond motifs is 2. The Morgan fingerprint density at radius 1 is 0.774 bits per heavy atom. The number of benzene rings is 4. The molecule has 0 atom stereocenters. The van der Waals surface area contributed by atoms with E-state index in [2.05, 4.69) is 30.3 Å². The molecular weight excluding hydrogens is 455 g/mol. The summed E-state index contributed by atoms with van der Waals surface area (Å²) in [6, 6.07) is 21.5. The molecule has 0 N–H and O–H groups in total. The van der Waals surface area contributed by atoms with Gasteiger partial charge in [0.25, 0.3) is 0 Å². The van der Waals surface area contributed by atoms with Gasteiger partial charge in [-0.2, -0.15) is 0 Å². The van der Waals surface area contributed by atoms with Crippen LogP contribution in [0.5, 0.6) is 5.75 Å². The number of halogens is 3. The van der Waals surface area contributed by atoms with Gasteiger partial charge in [0, 0.05) is 18.1 Å². The van der Waals surface area contributed by atoms with Gasteiger partial charge < -0.3 is 9.47 Å². The van der Waals surface area contributed by atoms with Crippen molar-refractivity contribution in [2.24, 2.45) is 0 Å². The van der Waals surface area contributed by atoms with Crippen LogP contribution in [-0.4, -0.2) is 12.6 Å².